The summed E-state index contributed by atoms with van der Waals surface area (Å²) in [6.45, 7) is 0.376. The summed E-state index contributed by atoms with van der Waals surface area (Å²) in [7, 11) is -2.15. The van der Waals surface area contributed by atoms with Crippen molar-refractivity contribution in [2.24, 2.45) is 0 Å². The smallest absolute Gasteiger partial charge is 0.480 e. The molecule has 4 rings (SSSR count). The highest BCUT2D eigenvalue weighted by Crippen LogP contribution is 2.14. The van der Waals surface area contributed by atoms with E-state index in [2.05, 4.69) is 5.32 Å². The van der Waals surface area contributed by atoms with Gasteiger partial charge in [0.15, 0.2) is 0 Å². The number of benzene rings is 2. The summed E-state index contributed by atoms with van der Waals surface area (Å²) in [4.78, 5) is 37.8. The zero-order valence-electron chi connectivity index (χ0n) is 17.7. The van der Waals surface area contributed by atoms with Gasteiger partial charge in [0, 0.05) is 24.2 Å². The Balaban J connectivity index is 1.34. The molecule has 170 valence electrons. The SMILES string of the molecule is O=C(O)CN(CCCNC(=O)c1ccc2c(c1)B(O)OC2)C(=O)c1ccc2c(c1)B(O)OC2. The highest BCUT2D eigenvalue weighted by atomic mass is 16.5. The fourth-order valence-corrected chi connectivity index (χ4v) is 3.88. The Morgan fingerprint density at radius 2 is 1.52 bits per heavy atom. The zero-order valence-corrected chi connectivity index (χ0v) is 17.7. The first-order valence-electron chi connectivity index (χ1n) is 10.5. The molecule has 2 aliphatic rings. The molecule has 2 aliphatic heterocycles. The molecule has 2 aromatic rings. The average molecular weight is 452 g/mol. The number of rotatable bonds is 8. The van der Waals surface area contributed by atoms with Gasteiger partial charge in [0.05, 0.1) is 13.2 Å². The lowest BCUT2D eigenvalue weighted by molar-refractivity contribution is -0.137. The van der Waals surface area contributed by atoms with Gasteiger partial charge in [0.25, 0.3) is 11.8 Å². The molecule has 0 unspecified atom stereocenters. The number of aliphatic carboxylic acids is 1. The minimum absolute atomic E-state index is 0.109. The predicted molar refractivity (Wildman–Crippen MR) is 118 cm³/mol. The molecule has 12 heteroatoms. The molecule has 2 amide bonds. The molecule has 0 aliphatic carbocycles. The van der Waals surface area contributed by atoms with Crippen LogP contribution < -0.4 is 16.2 Å². The summed E-state index contributed by atoms with van der Waals surface area (Å²) in [6.07, 6.45) is 0.331. The van der Waals surface area contributed by atoms with Crippen molar-refractivity contribution in [2.45, 2.75) is 19.6 Å². The first-order chi connectivity index (χ1) is 15.8. The van der Waals surface area contributed by atoms with Gasteiger partial charge in [-0.15, -0.1) is 0 Å². The number of amides is 2. The second-order valence-corrected chi connectivity index (χ2v) is 7.88. The van der Waals surface area contributed by atoms with Crippen molar-refractivity contribution in [3.63, 3.8) is 0 Å². The summed E-state index contributed by atoms with van der Waals surface area (Å²) >= 11 is 0. The van der Waals surface area contributed by atoms with E-state index in [0.29, 0.717) is 29.5 Å². The van der Waals surface area contributed by atoms with E-state index in [1.807, 2.05) is 0 Å². The second-order valence-electron chi connectivity index (χ2n) is 7.88. The first-order valence-corrected chi connectivity index (χ1v) is 10.5. The van der Waals surface area contributed by atoms with E-state index < -0.39 is 32.7 Å². The van der Waals surface area contributed by atoms with Gasteiger partial charge in [-0.3, -0.25) is 14.4 Å². The highest BCUT2D eigenvalue weighted by molar-refractivity contribution is 6.62. The third kappa shape index (κ3) is 5.09. The first kappa shape index (κ1) is 23.0. The molecule has 0 spiro atoms. The number of hydrogen-bond acceptors (Lipinski definition) is 7. The number of fused-ring (bicyclic) bond motifs is 2. The predicted octanol–water partition coefficient (Wildman–Crippen LogP) is -1.53. The number of nitrogens with one attached hydrogen (secondary N) is 1. The van der Waals surface area contributed by atoms with E-state index in [0.717, 1.165) is 11.1 Å². The number of hydrogen-bond donors (Lipinski definition) is 4. The van der Waals surface area contributed by atoms with E-state index in [9.17, 15) is 29.5 Å². The maximum absolute atomic E-state index is 12.9. The highest BCUT2D eigenvalue weighted by Gasteiger charge is 2.30. The van der Waals surface area contributed by atoms with Crippen molar-refractivity contribution in [3.8, 4) is 0 Å². The zero-order chi connectivity index (χ0) is 23.5. The molecule has 2 aromatic carbocycles. The Morgan fingerprint density at radius 1 is 0.939 bits per heavy atom. The standard InChI is InChI=1S/C21H22B2N2O8/c26-19(27)10-25(21(29)14-3-5-16-12-33-23(31)18(16)9-14)7-1-6-24-20(28)13-2-4-15-11-32-22(30)17(15)8-13/h2-5,8-9,30-31H,1,6-7,10-12H2,(H,24,28)(H,26,27). The minimum atomic E-state index is -1.16. The van der Waals surface area contributed by atoms with Gasteiger partial charge in [0.1, 0.15) is 6.54 Å². The molecule has 4 N–H and O–H groups in total. The summed E-state index contributed by atoms with van der Waals surface area (Å²) in [5, 5.41) is 31.6. The summed E-state index contributed by atoms with van der Waals surface area (Å²) in [5.74, 6) is -1.99. The molecule has 0 saturated heterocycles. The Kier molecular flexibility index (Phi) is 6.80. The molecule has 0 aromatic heterocycles. The van der Waals surface area contributed by atoms with Crippen LogP contribution in [0.25, 0.3) is 0 Å². The largest absolute Gasteiger partial charge is 0.491 e. The van der Waals surface area contributed by atoms with Crippen LogP contribution in [-0.2, 0) is 27.3 Å². The normalized spacial score (nSPS) is 14.1. The van der Waals surface area contributed by atoms with Gasteiger partial charge >= 0.3 is 20.2 Å². The molecule has 0 atom stereocenters. The molecule has 2 heterocycles. The Morgan fingerprint density at radius 3 is 2.12 bits per heavy atom. The molecule has 0 saturated carbocycles. The Labute approximate surface area is 190 Å². The number of carboxylic acid groups (broad SMARTS) is 1. The average Bonchev–Trinajstić information content (AvgIpc) is 3.36. The molecular weight excluding hydrogens is 430 g/mol. The van der Waals surface area contributed by atoms with Crippen LogP contribution in [0, 0.1) is 0 Å². The van der Waals surface area contributed by atoms with Crippen LogP contribution in [0.2, 0.25) is 0 Å². The van der Waals surface area contributed by atoms with Gasteiger partial charge in [-0.05, 0) is 52.7 Å². The van der Waals surface area contributed by atoms with Crippen LogP contribution in [0.1, 0.15) is 38.3 Å². The van der Waals surface area contributed by atoms with Crippen molar-refractivity contribution in [2.75, 3.05) is 19.6 Å². The van der Waals surface area contributed by atoms with E-state index in [4.69, 9.17) is 9.31 Å². The second kappa shape index (κ2) is 9.75. The van der Waals surface area contributed by atoms with Crippen molar-refractivity contribution >= 4 is 42.9 Å². The van der Waals surface area contributed by atoms with Crippen molar-refractivity contribution < 1.29 is 38.8 Å². The fraction of sp³-hybridized carbons (Fsp3) is 0.286. The molecular formula is C21H22B2N2O8. The van der Waals surface area contributed by atoms with Crippen molar-refractivity contribution in [1.29, 1.82) is 0 Å². The number of carbonyl (C=O) groups excluding carboxylic acids is 2. The van der Waals surface area contributed by atoms with E-state index in [1.54, 1.807) is 30.3 Å². The van der Waals surface area contributed by atoms with Gasteiger partial charge in [-0.25, -0.2) is 0 Å². The molecule has 10 nitrogen and oxygen atoms in total. The molecule has 33 heavy (non-hydrogen) atoms. The number of carboxylic acids is 1. The van der Waals surface area contributed by atoms with Crippen molar-refractivity contribution in [1.82, 2.24) is 10.2 Å². The summed E-state index contributed by atoms with van der Waals surface area (Å²) < 4.78 is 10.2. The van der Waals surface area contributed by atoms with Gasteiger partial charge in [-0.2, -0.15) is 0 Å². The van der Waals surface area contributed by atoms with Crippen LogP contribution in [0.3, 0.4) is 0 Å². The Hall–Kier alpha value is -3.18. The minimum Gasteiger partial charge on any atom is -0.480 e. The lowest BCUT2D eigenvalue weighted by Gasteiger charge is -2.21. The fourth-order valence-electron chi connectivity index (χ4n) is 3.88. The van der Waals surface area contributed by atoms with Gasteiger partial charge < -0.3 is 34.7 Å². The van der Waals surface area contributed by atoms with Crippen LogP contribution in [0.15, 0.2) is 36.4 Å². The summed E-state index contributed by atoms with van der Waals surface area (Å²) in [6, 6.07) is 9.71. The third-order valence-electron chi connectivity index (χ3n) is 5.63. The third-order valence-corrected chi connectivity index (χ3v) is 5.63. The van der Waals surface area contributed by atoms with Crippen LogP contribution >= 0.6 is 0 Å². The monoisotopic (exact) mass is 452 g/mol. The number of nitrogens with zero attached hydrogens (tertiary/aromatic N) is 1. The van der Waals surface area contributed by atoms with Gasteiger partial charge in [0.2, 0.25) is 0 Å². The number of carbonyl (C=O) groups is 3. The maximum atomic E-state index is 12.9. The molecule has 0 radical (unpaired) electrons. The molecule has 0 fully saturated rings. The quantitative estimate of drug-likeness (QED) is 0.279. The Bertz CT molecular complexity index is 1100. The van der Waals surface area contributed by atoms with E-state index >= 15 is 0 Å². The van der Waals surface area contributed by atoms with Crippen LogP contribution in [-0.4, -0.2) is 71.7 Å². The van der Waals surface area contributed by atoms with E-state index in [1.165, 1.54) is 11.0 Å². The summed E-state index contributed by atoms with van der Waals surface area (Å²) in [5.41, 5.74) is 3.28. The lowest BCUT2D eigenvalue weighted by Crippen LogP contribution is -2.39. The van der Waals surface area contributed by atoms with E-state index in [-0.39, 0.29) is 31.2 Å². The van der Waals surface area contributed by atoms with Crippen LogP contribution in [0.5, 0.6) is 0 Å². The topological polar surface area (TPSA) is 146 Å². The lowest BCUT2D eigenvalue weighted by atomic mass is 9.78. The molecule has 0 bridgehead atoms. The van der Waals surface area contributed by atoms with Crippen LogP contribution in [0.4, 0.5) is 0 Å². The van der Waals surface area contributed by atoms with Crippen molar-refractivity contribution in [3.05, 3.63) is 58.7 Å². The van der Waals surface area contributed by atoms with Gasteiger partial charge in [-0.1, -0.05) is 12.1 Å². The maximum Gasteiger partial charge on any atom is 0.491 e.